The summed E-state index contributed by atoms with van der Waals surface area (Å²) in [5.41, 5.74) is 3.20. The highest BCUT2D eigenvalue weighted by Gasteiger charge is 2.64. The summed E-state index contributed by atoms with van der Waals surface area (Å²) in [5.74, 6) is 0.593. The largest absolute Gasteiger partial charge is 0.489 e. The summed E-state index contributed by atoms with van der Waals surface area (Å²) >= 11 is 6.20. The Bertz CT molecular complexity index is 1150. The summed E-state index contributed by atoms with van der Waals surface area (Å²) in [5, 5.41) is 12.8. The summed E-state index contributed by atoms with van der Waals surface area (Å²) < 4.78 is 6.35. The molecule has 0 atom stereocenters. The molecular formula is C29H36ClN3O2. The fourth-order valence-electron chi connectivity index (χ4n) is 6.21. The van der Waals surface area contributed by atoms with E-state index in [-0.39, 0.29) is 28.9 Å². The Hall–Kier alpha value is -2.55. The minimum absolute atomic E-state index is 0.0382. The Morgan fingerprint density at radius 3 is 2.34 bits per heavy atom. The highest BCUT2D eigenvalue weighted by Crippen LogP contribution is 2.55. The van der Waals surface area contributed by atoms with Crippen LogP contribution in [0.15, 0.2) is 36.4 Å². The molecule has 2 aliphatic rings. The zero-order chi connectivity index (χ0) is 25.5. The first-order valence-electron chi connectivity index (χ1n) is 12.5. The van der Waals surface area contributed by atoms with Gasteiger partial charge >= 0.3 is 0 Å². The van der Waals surface area contributed by atoms with E-state index in [1.807, 2.05) is 6.07 Å². The van der Waals surface area contributed by atoms with E-state index in [2.05, 4.69) is 70.0 Å². The molecule has 1 amide bonds. The van der Waals surface area contributed by atoms with Gasteiger partial charge in [0, 0.05) is 47.6 Å². The van der Waals surface area contributed by atoms with Gasteiger partial charge in [-0.05, 0) is 62.1 Å². The van der Waals surface area contributed by atoms with Gasteiger partial charge in [0.05, 0.1) is 10.6 Å². The molecule has 1 saturated carbocycles. The first-order chi connectivity index (χ1) is 16.4. The second-order valence-electron chi connectivity index (χ2n) is 11.4. The van der Waals surface area contributed by atoms with Gasteiger partial charge in [0.1, 0.15) is 17.9 Å². The lowest BCUT2D eigenvalue weighted by Crippen LogP contribution is -2.74. The molecule has 2 aromatic carbocycles. The molecule has 0 unspecified atom stereocenters. The van der Waals surface area contributed by atoms with E-state index >= 15 is 0 Å². The molecule has 1 aliphatic heterocycles. The maximum Gasteiger partial charge on any atom is 0.251 e. The van der Waals surface area contributed by atoms with E-state index in [1.165, 1.54) is 11.1 Å². The Morgan fingerprint density at radius 1 is 1.09 bits per heavy atom. The number of nitriles is 1. The van der Waals surface area contributed by atoms with Crippen LogP contribution in [0.1, 0.15) is 68.6 Å². The van der Waals surface area contributed by atoms with Gasteiger partial charge in [0.2, 0.25) is 0 Å². The Kier molecular flexibility index (Phi) is 6.92. The predicted octanol–water partition coefficient (Wildman–Crippen LogP) is 5.63. The summed E-state index contributed by atoms with van der Waals surface area (Å²) in [4.78, 5) is 15.8. The van der Waals surface area contributed by atoms with Gasteiger partial charge in [-0.1, -0.05) is 45.4 Å². The first-order valence-corrected chi connectivity index (χ1v) is 12.9. The van der Waals surface area contributed by atoms with Crippen molar-refractivity contribution in [3.05, 3.63) is 63.7 Å². The average Bonchev–Trinajstić information content (AvgIpc) is 3.03. The zero-order valence-electron chi connectivity index (χ0n) is 21.6. The molecule has 1 heterocycles. The van der Waals surface area contributed by atoms with Crippen LogP contribution in [-0.2, 0) is 12.8 Å². The third-order valence-electron chi connectivity index (χ3n) is 7.97. The molecule has 0 aromatic heterocycles. The second-order valence-corrected chi connectivity index (χ2v) is 11.8. The summed E-state index contributed by atoms with van der Waals surface area (Å²) in [6.45, 7) is 15.1. The molecule has 0 saturated heterocycles. The smallest absolute Gasteiger partial charge is 0.251 e. The number of fused-ring (bicyclic) bond motifs is 1. The summed E-state index contributed by atoms with van der Waals surface area (Å²) in [6, 6.07) is 13.9. The van der Waals surface area contributed by atoms with Crippen molar-refractivity contribution in [3.63, 3.8) is 0 Å². The number of halogens is 1. The van der Waals surface area contributed by atoms with Gasteiger partial charge in [-0.25, -0.2) is 0 Å². The lowest BCUT2D eigenvalue weighted by atomic mass is 9.49. The number of ether oxygens (including phenoxy) is 1. The van der Waals surface area contributed by atoms with E-state index in [0.717, 1.165) is 31.5 Å². The maximum absolute atomic E-state index is 13.3. The van der Waals surface area contributed by atoms with Crippen LogP contribution in [0, 0.1) is 22.2 Å². The lowest BCUT2D eigenvalue weighted by Gasteiger charge is -2.63. The zero-order valence-corrected chi connectivity index (χ0v) is 22.4. The first kappa shape index (κ1) is 25.5. The average molecular weight is 494 g/mol. The molecule has 0 radical (unpaired) electrons. The van der Waals surface area contributed by atoms with E-state index < -0.39 is 0 Å². The monoisotopic (exact) mass is 493 g/mol. The maximum atomic E-state index is 13.3. The number of carbonyl (C=O) groups excluding carboxylic acids is 1. The van der Waals surface area contributed by atoms with E-state index in [9.17, 15) is 4.79 Å². The van der Waals surface area contributed by atoms with Crippen molar-refractivity contribution in [2.75, 3.05) is 13.1 Å². The van der Waals surface area contributed by atoms with E-state index in [4.69, 9.17) is 21.6 Å². The van der Waals surface area contributed by atoms with Crippen LogP contribution < -0.4 is 10.1 Å². The van der Waals surface area contributed by atoms with Crippen molar-refractivity contribution in [1.29, 1.82) is 5.26 Å². The number of nitrogens with one attached hydrogen (secondary N) is 1. The van der Waals surface area contributed by atoms with Crippen molar-refractivity contribution in [1.82, 2.24) is 10.2 Å². The van der Waals surface area contributed by atoms with Crippen molar-refractivity contribution < 1.29 is 9.53 Å². The van der Waals surface area contributed by atoms with Crippen LogP contribution in [0.3, 0.4) is 0 Å². The summed E-state index contributed by atoms with van der Waals surface area (Å²) in [6.07, 6.45) is 1.87. The van der Waals surface area contributed by atoms with Gasteiger partial charge in [0.15, 0.2) is 0 Å². The fraction of sp³-hybridized carbons (Fsp3) is 0.517. The standard InChI is InChI=1S/C29H36ClN3O2/c1-18(2)33-13-11-19-7-8-21(15-20(19)12-14-33)25(34)32-26-28(3,4)27(29(26,5)6)35-23-10-9-22(17-31)24(30)16-23/h7-10,15-16,18,26-27H,11-14H2,1-6H3,(H,32,34). The van der Waals surface area contributed by atoms with Gasteiger partial charge in [-0.3, -0.25) is 4.79 Å². The molecule has 5 nitrogen and oxygen atoms in total. The van der Waals surface area contributed by atoms with Crippen molar-refractivity contribution in [2.24, 2.45) is 10.8 Å². The van der Waals surface area contributed by atoms with E-state index in [1.54, 1.807) is 18.2 Å². The molecule has 6 heteroatoms. The van der Waals surface area contributed by atoms with Crippen molar-refractivity contribution in [3.8, 4) is 11.8 Å². The molecular weight excluding hydrogens is 458 g/mol. The second kappa shape index (κ2) is 9.48. The molecule has 0 bridgehead atoms. The molecule has 186 valence electrons. The third kappa shape index (κ3) is 4.79. The number of hydrogen-bond donors (Lipinski definition) is 1. The van der Waals surface area contributed by atoms with Crippen LogP contribution in [0.4, 0.5) is 0 Å². The predicted molar refractivity (Wildman–Crippen MR) is 140 cm³/mol. The number of benzene rings is 2. The van der Waals surface area contributed by atoms with Crippen LogP contribution in [0.5, 0.6) is 5.75 Å². The van der Waals surface area contributed by atoms with Crippen LogP contribution in [0.25, 0.3) is 0 Å². The normalized spacial score (nSPS) is 22.9. The minimum Gasteiger partial charge on any atom is -0.489 e. The van der Waals surface area contributed by atoms with Gasteiger partial charge in [-0.2, -0.15) is 5.26 Å². The van der Waals surface area contributed by atoms with Gasteiger partial charge in [-0.15, -0.1) is 0 Å². The lowest BCUT2D eigenvalue weighted by molar-refractivity contribution is -0.164. The highest BCUT2D eigenvalue weighted by molar-refractivity contribution is 6.31. The number of hydrogen-bond acceptors (Lipinski definition) is 4. The number of rotatable bonds is 5. The van der Waals surface area contributed by atoms with Crippen molar-refractivity contribution in [2.45, 2.75) is 72.6 Å². The van der Waals surface area contributed by atoms with Crippen LogP contribution in [-0.4, -0.2) is 42.1 Å². The Morgan fingerprint density at radius 2 is 1.74 bits per heavy atom. The van der Waals surface area contributed by atoms with Crippen LogP contribution >= 0.6 is 11.6 Å². The SMILES string of the molecule is CC(C)N1CCc2ccc(C(=O)NC3C(C)(C)C(Oc4ccc(C#N)c(Cl)c4)C3(C)C)cc2CC1. The molecule has 1 N–H and O–H groups in total. The molecule has 1 fully saturated rings. The van der Waals surface area contributed by atoms with Crippen molar-refractivity contribution >= 4 is 17.5 Å². The Labute approximate surface area is 214 Å². The minimum atomic E-state index is -0.289. The van der Waals surface area contributed by atoms with Crippen LogP contribution in [0.2, 0.25) is 5.02 Å². The number of amides is 1. The van der Waals surface area contributed by atoms with Gasteiger partial charge in [0.25, 0.3) is 5.91 Å². The van der Waals surface area contributed by atoms with E-state index in [0.29, 0.717) is 22.4 Å². The molecule has 1 aliphatic carbocycles. The molecule has 2 aromatic rings. The molecule has 0 spiro atoms. The third-order valence-corrected chi connectivity index (χ3v) is 8.28. The molecule has 4 rings (SSSR count). The summed E-state index contributed by atoms with van der Waals surface area (Å²) in [7, 11) is 0. The Balaban J connectivity index is 1.47. The topological polar surface area (TPSA) is 65.4 Å². The number of nitrogens with zero attached hydrogens (tertiary/aromatic N) is 2. The fourth-order valence-corrected chi connectivity index (χ4v) is 6.42. The van der Waals surface area contributed by atoms with Gasteiger partial charge < -0.3 is 15.0 Å². The molecule has 35 heavy (non-hydrogen) atoms. The quantitative estimate of drug-likeness (QED) is 0.586. The number of carbonyl (C=O) groups is 1. The highest BCUT2D eigenvalue weighted by atomic mass is 35.5.